The summed E-state index contributed by atoms with van der Waals surface area (Å²) >= 11 is 0. The van der Waals surface area contributed by atoms with Crippen LogP contribution in [0.25, 0.3) is 0 Å². The summed E-state index contributed by atoms with van der Waals surface area (Å²) in [5.41, 5.74) is 2.22. The number of amides is 1. The number of unbranched alkanes of at least 4 members (excludes halogenated alkanes) is 1. The average molecular weight is 277 g/mol. The predicted octanol–water partition coefficient (Wildman–Crippen LogP) is 4.18. The molecule has 0 fully saturated rings. The fourth-order valence-corrected chi connectivity index (χ4v) is 1.86. The molecule has 0 spiro atoms. The first-order chi connectivity index (χ1) is 9.28. The molecule has 0 N–H and O–H groups in total. The monoisotopic (exact) mass is 277 g/mol. The molecule has 112 valence electrons. The smallest absolute Gasteiger partial charge is 0.410 e. The van der Waals surface area contributed by atoms with Crippen LogP contribution in [0.1, 0.15) is 44.7 Å². The van der Waals surface area contributed by atoms with Gasteiger partial charge in [0.2, 0.25) is 0 Å². The first kappa shape index (κ1) is 16.5. The third kappa shape index (κ3) is 6.60. The van der Waals surface area contributed by atoms with Crippen molar-refractivity contribution in [1.82, 2.24) is 4.90 Å². The van der Waals surface area contributed by atoms with Crippen molar-refractivity contribution in [2.75, 3.05) is 13.6 Å². The van der Waals surface area contributed by atoms with Crippen LogP contribution in [-0.2, 0) is 11.2 Å². The van der Waals surface area contributed by atoms with E-state index in [9.17, 15) is 4.79 Å². The molecule has 0 atom stereocenters. The number of aryl methyl sites for hydroxylation is 2. The summed E-state index contributed by atoms with van der Waals surface area (Å²) < 4.78 is 5.31. The second-order valence-corrected chi connectivity index (χ2v) is 6.34. The van der Waals surface area contributed by atoms with E-state index in [1.165, 1.54) is 11.1 Å². The van der Waals surface area contributed by atoms with Gasteiger partial charge in [0.25, 0.3) is 0 Å². The normalized spacial score (nSPS) is 11.2. The van der Waals surface area contributed by atoms with Crippen LogP contribution in [0.5, 0.6) is 0 Å². The molecule has 0 saturated heterocycles. The maximum atomic E-state index is 11.8. The Morgan fingerprint density at radius 3 is 2.30 bits per heavy atom. The largest absolute Gasteiger partial charge is 0.444 e. The van der Waals surface area contributed by atoms with E-state index < -0.39 is 5.60 Å². The van der Waals surface area contributed by atoms with Gasteiger partial charge in [-0.05, 0) is 52.5 Å². The Kier molecular flexibility index (Phi) is 6.05. The molecular formula is C17H27NO2. The van der Waals surface area contributed by atoms with Crippen molar-refractivity contribution >= 4 is 6.09 Å². The molecular weight excluding hydrogens is 250 g/mol. The number of carbonyl (C=O) groups is 1. The van der Waals surface area contributed by atoms with Gasteiger partial charge in [0.15, 0.2) is 0 Å². The van der Waals surface area contributed by atoms with Crippen molar-refractivity contribution in [1.29, 1.82) is 0 Å². The van der Waals surface area contributed by atoms with Crippen LogP contribution >= 0.6 is 0 Å². The molecule has 0 aliphatic rings. The topological polar surface area (TPSA) is 29.5 Å². The fourth-order valence-electron chi connectivity index (χ4n) is 1.86. The van der Waals surface area contributed by atoms with Crippen LogP contribution in [0, 0.1) is 6.92 Å². The third-order valence-corrected chi connectivity index (χ3v) is 3.03. The van der Waals surface area contributed by atoms with E-state index in [1.54, 1.807) is 11.9 Å². The molecule has 0 unspecified atom stereocenters. The summed E-state index contributed by atoms with van der Waals surface area (Å²) in [4.78, 5) is 13.4. The molecule has 0 heterocycles. The summed E-state index contributed by atoms with van der Waals surface area (Å²) in [6, 6.07) is 8.63. The van der Waals surface area contributed by atoms with Gasteiger partial charge in [-0.15, -0.1) is 0 Å². The second kappa shape index (κ2) is 7.32. The van der Waals surface area contributed by atoms with Gasteiger partial charge in [-0.25, -0.2) is 4.79 Å². The number of nitrogens with zero attached hydrogens (tertiary/aromatic N) is 1. The van der Waals surface area contributed by atoms with Crippen molar-refractivity contribution < 1.29 is 9.53 Å². The van der Waals surface area contributed by atoms with Gasteiger partial charge in [-0.1, -0.05) is 29.8 Å². The summed E-state index contributed by atoms with van der Waals surface area (Å²) in [5.74, 6) is 0. The third-order valence-electron chi connectivity index (χ3n) is 3.03. The highest BCUT2D eigenvalue weighted by Gasteiger charge is 2.18. The number of hydrogen-bond acceptors (Lipinski definition) is 2. The van der Waals surface area contributed by atoms with Crippen LogP contribution in [0.4, 0.5) is 4.79 Å². The van der Waals surface area contributed by atoms with Crippen LogP contribution < -0.4 is 0 Å². The number of hydrogen-bond donors (Lipinski definition) is 0. The van der Waals surface area contributed by atoms with Gasteiger partial charge in [0.05, 0.1) is 0 Å². The highest BCUT2D eigenvalue weighted by atomic mass is 16.6. The van der Waals surface area contributed by atoms with Gasteiger partial charge in [0, 0.05) is 13.6 Å². The lowest BCUT2D eigenvalue weighted by molar-refractivity contribution is 0.0296. The molecule has 20 heavy (non-hydrogen) atoms. The van der Waals surface area contributed by atoms with Crippen molar-refractivity contribution in [3.8, 4) is 0 Å². The highest BCUT2D eigenvalue weighted by molar-refractivity contribution is 5.67. The Morgan fingerprint density at radius 2 is 1.75 bits per heavy atom. The lowest BCUT2D eigenvalue weighted by Crippen LogP contribution is -2.34. The Bertz CT molecular complexity index is 418. The lowest BCUT2D eigenvalue weighted by atomic mass is 10.1. The van der Waals surface area contributed by atoms with Crippen LogP contribution in [0.15, 0.2) is 24.3 Å². The van der Waals surface area contributed by atoms with Crippen LogP contribution in [-0.4, -0.2) is 30.2 Å². The van der Waals surface area contributed by atoms with E-state index in [0.717, 1.165) is 25.8 Å². The molecule has 3 heteroatoms. The van der Waals surface area contributed by atoms with E-state index in [2.05, 4.69) is 31.2 Å². The molecule has 1 aromatic carbocycles. The average Bonchev–Trinajstić information content (AvgIpc) is 2.34. The molecule has 0 bridgehead atoms. The summed E-state index contributed by atoms with van der Waals surface area (Å²) in [7, 11) is 1.79. The second-order valence-electron chi connectivity index (χ2n) is 6.34. The van der Waals surface area contributed by atoms with Crippen molar-refractivity contribution in [3.05, 3.63) is 35.4 Å². The quantitative estimate of drug-likeness (QED) is 0.755. The molecule has 0 radical (unpaired) electrons. The molecule has 0 aliphatic carbocycles. The number of rotatable bonds is 5. The SMILES string of the molecule is Cc1ccc(CCCCN(C)C(=O)OC(C)(C)C)cc1. The first-order valence-corrected chi connectivity index (χ1v) is 7.27. The minimum atomic E-state index is -0.423. The zero-order valence-corrected chi connectivity index (χ0v) is 13.4. The van der Waals surface area contributed by atoms with E-state index in [4.69, 9.17) is 4.74 Å². The van der Waals surface area contributed by atoms with E-state index >= 15 is 0 Å². The summed E-state index contributed by atoms with van der Waals surface area (Å²) in [6.07, 6.45) is 2.88. The standard InChI is InChI=1S/C17H27NO2/c1-14-9-11-15(12-10-14)8-6-7-13-18(5)16(19)20-17(2,3)4/h9-12H,6-8,13H2,1-5H3. The van der Waals surface area contributed by atoms with Crippen molar-refractivity contribution in [3.63, 3.8) is 0 Å². The van der Waals surface area contributed by atoms with Gasteiger partial charge in [-0.3, -0.25) is 0 Å². The highest BCUT2D eigenvalue weighted by Crippen LogP contribution is 2.11. The van der Waals surface area contributed by atoms with Gasteiger partial charge in [0.1, 0.15) is 5.60 Å². The van der Waals surface area contributed by atoms with E-state index in [1.807, 2.05) is 20.8 Å². The van der Waals surface area contributed by atoms with E-state index in [-0.39, 0.29) is 6.09 Å². The lowest BCUT2D eigenvalue weighted by Gasteiger charge is -2.24. The molecule has 0 aromatic heterocycles. The Morgan fingerprint density at radius 1 is 1.15 bits per heavy atom. The molecule has 1 amide bonds. The number of carbonyl (C=O) groups excluding carboxylic acids is 1. The fraction of sp³-hybridized carbons (Fsp3) is 0.588. The maximum absolute atomic E-state index is 11.8. The Balaban J connectivity index is 2.23. The minimum Gasteiger partial charge on any atom is -0.444 e. The first-order valence-electron chi connectivity index (χ1n) is 7.27. The predicted molar refractivity (Wildman–Crippen MR) is 83.0 cm³/mol. The minimum absolute atomic E-state index is 0.243. The zero-order chi connectivity index (χ0) is 15.2. The van der Waals surface area contributed by atoms with E-state index in [0.29, 0.717) is 0 Å². The van der Waals surface area contributed by atoms with Gasteiger partial charge < -0.3 is 9.64 Å². The molecule has 1 aromatic rings. The molecule has 0 saturated carbocycles. The number of benzene rings is 1. The van der Waals surface area contributed by atoms with Gasteiger partial charge in [-0.2, -0.15) is 0 Å². The summed E-state index contributed by atoms with van der Waals surface area (Å²) in [6.45, 7) is 8.49. The molecule has 0 aliphatic heterocycles. The number of ether oxygens (including phenoxy) is 1. The van der Waals surface area contributed by atoms with Gasteiger partial charge >= 0.3 is 6.09 Å². The maximum Gasteiger partial charge on any atom is 0.410 e. The Hall–Kier alpha value is -1.51. The summed E-state index contributed by atoms with van der Waals surface area (Å²) in [5, 5.41) is 0. The van der Waals surface area contributed by atoms with Crippen LogP contribution in [0.2, 0.25) is 0 Å². The molecule has 3 nitrogen and oxygen atoms in total. The zero-order valence-electron chi connectivity index (χ0n) is 13.4. The molecule has 1 rings (SSSR count). The Labute approximate surface area is 122 Å². The van der Waals surface area contributed by atoms with Crippen molar-refractivity contribution in [2.24, 2.45) is 0 Å². The van der Waals surface area contributed by atoms with Crippen molar-refractivity contribution in [2.45, 2.75) is 52.6 Å². The van der Waals surface area contributed by atoms with Crippen LogP contribution in [0.3, 0.4) is 0 Å².